The highest BCUT2D eigenvalue weighted by atomic mass is 32.2. The number of rotatable bonds is 0. The molecule has 0 fully saturated rings. The van der Waals surface area contributed by atoms with E-state index in [1.165, 1.54) is 32.7 Å². The second-order valence-corrected chi connectivity index (χ2v) is 9.13. The molecule has 0 radical (unpaired) electrons. The van der Waals surface area contributed by atoms with Crippen LogP contribution in [0.5, 0.6) is 0 Å². The molecule has 10 heteroatoms. The summed E-state index contributed by atoms with van der Waals surface area (Å²) >= 11 is 0. The van der Waals surface area contributed by atoms with Crippen molar-refractivity contribution in [1.82, 2.24) is 9.97 Å². The largest absolute Gasteiger partial charge is 0.425 e. The number of aromatic nitrogens is 2. The molecule has 8 nitrogen and oxygen atoms in total. The van der Waals surface area contributed by atoms with Gasteiger partial charge in [0.15, 0.2) is 0 Å². The first-order chi connectivity index (χ1) is 15.6. The molecule has 0 saturated carbocycles. The zero-order valence-corrected chi connectivity index (χ0v) is 18.8. The van der Waals surface area contributed by atoms with Crippen LogP contribution < -0.4 is 0 Å². The summed E-state index contributed by atoms with van der Waals surface area (Å²) in [5.74, 6) is 0. The fourth-order valence-electron chi connectivity index (χ4n) is 3.85. The Bertz CT molecular complexity index is 1660. The SMILES string of the molecule is C.C.CS(=O)(=O)O.O=S(=O)=O.c1ccc2cc3nc4c(nc3cc2c1)-c1cccc2cccc-4c12. The highest BCUT2D eigenvalue weighted by Gasteiger charge is 2.24. The molecule has 0 unspecified atom stereocenters. The number of benzene rings is 4. The van der Waals surface area contributed by atoms with E-state index in [4.69, 9.17) is 27.1 Å². The van der Waals surface area contributed by atoms with Crippen LogP contribution in [0.1, 0.15) is 14.9 Å². The van der Waals surface area contributed by atoms with Gasteiger partial charge in [0.2, 0.25) is 0 Å². The van der Waals surface area contributed by atoms with Crippen LogP contribution in [-0.2, 0) is 20.7 Å². The standard InChI is InChI=1S/C22H12N2.CH4O3S.2CH4.O3S/c1-2-6-15-12-19-18(11-14(15)5-1)23-21-16-9-3-7-13-8-4-10-17(20(13)16)22(21)24-19;1-5(2,3)4;;;1-4(2)3/h1-12H;1H3,(H,2,3,4);2*1H4;. The van der Waals surface area contributed by atoms with Gasteiger partial charge >= 0.3 is 10.6 Å². The van der Waals surface area contributed by atoms with Crippen LogP contribution in [0.25, 0.3) is 55.1 Å². The number of hydrogen-bond acceptors (Lipinski definition) is 7. The average Bonchev–Trinajstić information content (AvgIpc) is 3.04. The van der Waals surface area contributed by atoms with Crippen molar-refractivity contribution in [1.29, 1.82) is 0 Å². The smallest absolute Gasteiger partial charge is 0.286 e. The summed E-state index contributed by atoms with van der Waals surface area (Å²) in [5.41, 5.74) is 6.31. The van der Waals surface area contributed by atoms with Gasteiger partial charge in [-0.25, -0.2) is 9.97 Å². The first kappa shape index (κ1) is 27.5. The van der Waals surface area contributed by atoms with E-state index in [9.17, 15) is 8.42 Å². The molecule has 6 rings (SSSR count). The number of hydrogen-bond donors (Lipinski definition) is 1. The van der Waals surface area contributed by atoms with E-state index in [1.54, 1.807) is 0 Å². The van der Waals surface area contributed by atoms with E-state index in [1.807, 2.05) is 0 Å². The Labute approximate surface area is 205 Å². The van der Waals surface area contributed by atoms with Gasteiger partial charge in [-0.1, -0.05) is 75.5 Å². The Morgan fingerprint density at radius 3 is 1.40 bits per heavy atom. The van der Waals surface area contributed by atoms with E-state index >= 15 is 0 Å². The first-order valence-electron chi connectivity index (χ1n) is 9.54. The fraction of sp³-hybridized carbons (Fsp3) is 0.120. The normalized spacial score (nSPS) is 10.7. The van der Waals surface area contributed by atoms with E-state index in [0.29, 0.717) is 6.26 Å². The predicted molar refractivity (Wildman–Crippen MR) is 140 cm³/mol. The summed E-state index contributed by atoms with van der Waals surface area (Å²) in [6.07, 6.45) is 0.715. The topological polar surface area (TPSA) is 131 Å². The summed E-state index contributed by atoms with van der Waals surface area (Å²) in [4.78, 5) is 9.97. The second kappa shape index (κ2) is 10.7. The maximum absolute atomic E-state index is 9.19. The lowest BCUT2D eigenvalue weighted by Crippen LogP contribution is -1.90. The van der Waals surface area contributed by atoms with E-state index in [2.05, 4.69) is 72.8 Å². The lowest BCUT2D eigenvalue weighted by atomic mass is 10.0. The molecule has 0 amide bonds. The molecule has 1 heterocycles. The van der Waals surface area contributed by atoms with Gasteiger partial charge in [0.25, 0.3) is 10.1 Å². The molecule has 0 spiro atoms. The summed E-state index contributed by atoms with van der Waals surface area (Å²) in [6, 6.07) is 25.5. The predicted octanol–water partition coefficient (Wildman–Crippen LogP) is 5.36. The van der Waals surface area contributed by atoms with Crippen molar-refractivity contribution >= 4 is 53.3 Å². The Morgan fingerprint density at radius 2 is 1.03 bits per heavy atom. The van der Waals surface area contributed by atoms with Crippen LogP contribution in [0.4, 0.5) is 0 Å². The van der Waals surface area contributed by atoms with Gasteiger partial charge in [-0.15, -0.1) is 12.6 Å². The van der Waals surface area contributed by atoms with E-state index in [0.717, 1.165) is 22.4 Å². The van der Waals surface area contributed by atoms with Gasteiger partial charge in [0, 0.05) is 16.5 Å². The first-order valence-corrected chi connectivity index (χ1v) is 12.4. The minimum Gasteiger partial charge on any atom is -0.286 e. The lowest BCUT2D eigenvalue weighted by Gasteiger charge is -2.05. The van der Waals surface area contributed by atoms with Gasteiger partial charge < -0.3 is 0 Å². The maximum atomic E-state index is 9.19. The minimum absolute atomic E-state index is 0. The van der Waals surface area contributed by atoms with Crippen molar-refractivity contribution in [3.05, 3.63) is 72.8 Å². The van der Waals surface area contributed by atoms with Gasteiger partial charge in [-0.2, -0.15) is 8.42 Å². The molecule has 4 aromatic carbocycles. The second-order valence-electron chi connectivity index (χ2n) is 7.26. The van der Waals surface area contributed by atoms with Crippen LogP contribution in [0.3, 0.4) is 0 Å². The van der Waals surface area contributed by atoms with E-state index in [-0.39, 0.29) is 14.9 Å². The molecule has 1 aliphatic carbocycles. The highest BCUT2D eigenvalue weighted by molar-refractivity contribution is 7.85. The van der Waals surface area contributed by atoms with Crippen molar-refractivity contribution in [2.75, 3.05) is 6.26 Å². The monoisotopic (exact) mass is 512 g/mol. The lowest BCUT2D eigenvalue weighted by molar-refractivity contribution is 0.490. The van der Waals surface area contributed by atoms with Crippen molar-refractivity contribution in [2.45, 2.75) is 14.9 Å². The molecule has 0 atom stereocenters. The number of fused-ring (bicyclic) bond motifs is 5. The van der Waals surface area contributed by atoms with Crippen LogP contribution >= 0.6 is 0 Å². The van der Waals surface area contributed by atoms with Gasteiger partial charge in [-0.3, -0.25) is 4.55 Å². The molecule has 1 aliphatic rings. The Kier molecular flexibility index (Phi) is 8.40. The van der Waals surface area contributed by atoms with E-state index < -0.39 is 20.7 Å². The third-order valence-corrected chi connectivity index (χ3v) is 4.95. The van der Waals surface area contributed by atoms with Crippen LogP contribution in [-0.4, -0.2) is 41.8 Å². The van der Waals surface area contributed by atoms with Crippen LogP contribution in [0.2, 0.25) is 0 Å². The van der Waals surface area contributed by atoms with Crippen molar-refractivity contribution in [3.63, 3.8) is 0 Å². The van der Waals surface area contributed by atoms with Crippen LogP contribution in [0, 0.1) is 0 Å². The third kappa shape index (κ3) is 6.04. The Balaban J connectivity index is 0.000000344. The molecule has 5 aromatic rings. The Morgan fingerprint density at radius 1 is 0.686 bits per heavy atom. The minimum atomic E-state index is -3.67. The summed E-state index contributed by atoms with van der Waals surface area (Å²) in [6.45, 7) is 0. The fourth-order valence-corrected chi connectivity index (χ4v) is 3.85. The molecular weight excluding hydrogens is 488 g/mol. The highest BCUT2D eigenvalue weighted by Crippen LogP contribution is 2.45. The summed E-state index contributed by atoms with van der Waals surface area (Å²) in [7, 11) is -6.78. The van der Waals surface area contributed by atoms with Crippen LogP contribution in [0.15, 0.2) is 72.8 Å². The molecule has 0 aliphatic heterocycles. The molecule has 1 N–H and O–H groups in total. The molecule has 0 bridgehead atoms. The van der Waals surface area contributed by atoms with Gasteiger partial charge in [0.05, 0.1) is 28.7 Å². The van der Waals surface area contributed by atoms with Crippen molar-refractivity contribution in [2.24, 2.45) is 0 Å². The van der Waals surface area contributed by atoms with Crippen molar-refractivity contribution in [3.8, 4) is 22.5 Å². The molecule has 1 aromatic heterocycles. The van der Waals surface area contributed by atoms with Gasteiger partial charge in [-0.05, 0) is 28.3 Å². The molecular formula is C25H24N2O6S2. The molecule has 35 heavy (non-hydrogen) atoms. The van der Waals surface area contributed by atoms with Crippen molar-refractivity contribution < 1.29 is 25.6 Å². The maximum Gasteiger partial charge on any atom is 0.425 e. The number of nitrogens with zero attached hydrogens (tertiary/aromatic N) is 2. The third-order valence-electron chi connectivity index (χ3n) is 4.95. The zero-order chi connectivity index (χ0) is 23.8. The van der Waals surface area contributed by atoms with Gasteiger partial charge in [0.1, 0.15) is 0 Å². The summed E-state index contributed by atoms with van der Waals surface area (Å²) in [5, 5.41) is 4.93. The average molecular weight is 513 g/mol. The molecule has 182 valence electrons. The molecule has 0 saturated heterocycles. The zero-order valence-electron chi connectivity index (χ0n) is 17.1. The summed E-state index contributed by atoms with van der Waals surface area (Å²) < 4.78 is 51.2. The Hall–Kier alpha value is -3.73. The quantitative estimate of drug-likeness (QED) is 0.213.